The topological polar surface area (TPSA) is 60.4 Å². The van der Waals surface area contributed by atoms with Gasteiger partial charge < -0.3 is 4.74 Å². The highest BCUT2D eigenvalue weighted by Crippen LogP contribution is 2.23. The van der Waals surface area contributed by atoms with Crippen LogP contribution in [0.3, 0.4) is 0 Å². The molecule has 124 valence electrons. The Labute approximate surface area is 137 Å². The lowest BCUT2D eigenvalue weighted by molar-refractivity contribution is -0.141. The van der Waals surface area contributed by atoms with Crippen LogP contribution in [0.25, 0.3) is 0 Å². The summed E-state index contributed by atoms with van der Waals surface area (Å²) in [7, 11) is -3.77. The molecule has 5 heteroatoms. The summed E-state index contributed by atoms with van der Waals surface area (Å²) in [6.45, 7) is 3.95. The van der Waals surface area contributed by atoms with E-state index in [2.05, 4.69) is 0 Å². The molecule has 2 rings (SSSR count). The minimum absolute atomic E-state index is 0.116. The molecule has 0 saturated carbocycles. The molecule has 0 aliphatic carbocycles. The number of sulfone groups is 1. The molecular formula is C18H22O4S. The summed E-state index contributed by atoms with van der Waals surface area (Å²) in [6.07, 6.45) is 5.71. The Balaban J connectivity index is 2.37. The second-order valence-electron chi connectivity index (χ2n) is 5.82. The van der Waals surface area contributed by atoms with Crippen molar-refractivity contribution < 1.29 is 17.9 Å². The number of rotatable bonds is 2. The molecule has 1 aromatic carbocycles. The highest BCUT2D eigenvalue weighted by Gasteiger charge is 2.35. The van der Waals surface area contributed by atoms with Crippen molar-refractivity contribution in [1.29, 1.82) is 0 Å². The van der Waals surface area contributed by atoms with Gasteiger partial charge in [-0.3, -0.25) is 4.79 Å². The largest absolute Gasteiger partial charge is 0.460 e. The van der Waals surface area contributed by atoms with E-state index in [4.69, 9.17) is 4.74 Å². The van der Waals surface area contributed by atoms with Crippen molar-refractivity contribution in [3.8, 4) is 0 Å². The molecule has 23 heavy (non-hydrogen) atoms. The second kappa shape index (κ2) is 7.59. The number of ether oxygens (including phenoxy) is 1. The molecular weight excluding hydrogens is 312 g/mol. The summed E-state index contributed by atoms with van der Waals surface area (Å²) in [4.78, 5) is 12.5. The van der Waals surface area contributed by atoms with Crippen molar-refractivity contribution in [3.05, 3.63) is 53.6 Å². The van der Waals surface area contributed by atoms with Crippen LogP contribution in [0.2, 0.25) is 0 Å². The predicted octanol–water partition coefficient (Wildman–Crippen LogP) is 3.45. The number of benzene rings is 1. The molecule has 4 nitrogen and oxygen atoms in total. The first-order chi connectivity index (χ1) is 10.9. The van der Waals surface area contributed by atoms with Gasteiger partial charge in [0.1, 0.15) is 6.61 Å². The number of esters is 1. The zero-order valence-electron chi connectivity index (χ0n) is 13.5. The SMILES string of the molecule is C/C1=C\COC(=O)C(S(=O)(=O)c2ccccc2)C/C(C)=C/CC1. The van der Waals surface area contributed by atoms with Gasteiger partial charge in [0.05, 0.1) is 4.90 Å². The first-order valence-electron chi connectivity index (χ1n) is 7.68. The molecule has 0 bridgehead atoms. The van der Waals surface area contributed by atoms with Gasteiger partial charge in [0, 0.05) is 0 Å². The third kappa shape index (κ3) is 4.55. The van der Waals surface area contributed by atoms with E-state index < -0.39 is 21.1 Å². The Kier molecular flexibility index (Phi) is 5.77. The van der Waals surface area contributed by atoms with Gasteiger partial charge in [0.15, 0.2) is 15.1 Å². The van der Waals surface area contributed by atoms with Gasteiger partial charge in [-0.05, 0) is 51.3 Å². The lowest BCUT2D eigenvalue weighted by Gasteiger charge is -2.16. The van der Waals surface area contributed by atoms with E-state index >= 15 is 0 Å². The van der Waals surface area contributed by atoms with Gasteiger partial charge in [0.2, 0.25) is 0 Å². The maximum absolute atomic E-state index is 12.8. The average molecular weight is 334 g/mol. The van der Waals surface area contributed by atoms with E-state index in [1.807, 2.05) is 26.0 Å². The van der Waals surface area contributed by atoms with E-state index in [-0.39, 0.29) is 17.9 Å². The Morgan fingerprint density at radius 1 is 1.04 bits per heavy atom. The highest BCUT2D eigenvalue weighted by atomic mass is 32.2. The summed E-state index contributed by atoms with van der Waals surface area (Å²) in [5, 5.41) is -1.20. The number of cyclic esters (lactones) is 1. The van der Waals surface area contributed by atoms with Crippen molar-refractivity contribution >= 4 is 15.8 Å². The fourth-order valence-corrected chi connectivity index (χ4v) is 4.15. The molecule has 1 atom stereocenters. The summed E-state index contributed by atoms with van der Waals surface area (Å²) >= 11 is 0. The van der Waals surface area contributed by atoms with E-state index in [0.29, 0.717) is 0 Å². The summed E-state index contributed by atoms with van der Waals surface area (Å²) in [6, 6.07) is 8.07. The van der Waals surface area contributed by atoms with Crippen LogP contribution in [0.4, 0.5) is 0 Å². The lowest BCUT2D eigenvalue weighted by atomic mass is 10.1. The molecule has 1 aliphatic rings. The van der Waals surface area contributed by atoms with E-state index in [1.54, 1.807) is 18.2 Å². The third-order valence-electron chi connectivity index (χ3n) is 3.91. The molecule has 0 fully saturated rings. The maximum atomic E-state index is 12.8. The van der Waals surface area contributed by atoms with Gasteiger partial charge in [-0.15, -0.1) is 0 Å². The number of hydrogen-bond acceptors (Lipinski definition) is 4. The number of carbonyl (C=O) groups excluding carboxylic acids is 1. The second-order valence-corrected chi connectivity index (χ2v) is 7.95. The van der Waals surface area contributed by atoms with Crippen molar-refractivity contribution in [2.75, 3.05) is 6.61 Å². The molecule has 1 aromatic rings. The zero-order chi connectivity index (χ0) is 16.9. The average Bonchev–Trinajstić information content (AvgIpc) is 2.55. The van der Waals surface area contributed by atoms with Crippen LogP contribution >= 0.6 is 0 Å². The van der Waals surface area contributed by atoms with Crippen molar-refractivity contribution in [2.45, 2.75) is 43.3 Å². The Bertz CT molecular complexity index is 715. The third-order valence-corrected chi connectivity index (χ3v) is 5.94. The van der Waals surface area contributed by atoms with E-state index in [9.17, 15) is 13.2 Å². The summed E-state index contributed by atoms with van der Waals surface area (Å²) < 4.78 is 30.8. The molecule has 0 radical (unpaired) electrons. The van der Waals surface area contributed by atoms with Crippen LogP contribution in [0.15, 0.2) is 58.5 Å². The summed E-state index contributed by atoms with van der Waals surface area (Å²) in [5.74, 6) is -0.687. The predicted molar refractivity (Wildman–Crippen MR) is 89.7 cm³/mol. The minimum Gasteiger partial charge on any atom is -0.460 e. The molecule has 0 N–H and O–H groups in total. The van der Waals surface area contributed by atoms with Crippen LogP contribution in [0.5, 0.6) is 0 Å². The van der Waals surface area contributed by atoms with Gasteiger partial charge in [-0.2, -0.15) is 0 Å². The molecule has 1 unspecified atom stereocenters. The highest BCUT2D eigenvalue weighted by molar-refractivity contribution is 7.92. The van der Waals surface area contributed by atoms with Crippen molar-refractivity contribution in [2.24, 2.45) is 0 Å². The van der Waals surface area contributed by atoms with Gasteiger partial charge in [-0.25, -0.2) is 8.42 Å². The maximum Gasteiger partial charge on any atom is 0.325 e. The first kappa shape index (κ1) is 17.5. The minimum atomic E-state index is -3.77. The van der Waals surface area contributed by atoms with Crippen LogP contribution in [-0.4, -0.2) is 26.2 Å². The Morgan fingerprint density at radius 2 is 1.74 bits per heavy atom. The normalized spacial score (nSPS) is 25.3. The monoisotopic (exact) mass is 334 g/mol. The Morgan fingerprint density at radius 3 is 2.43 bits per heavy atom. The molecule has 1 aliphatic heterocycles. The number of allylic oxidation sites excluding steroid dienone is 3. The van der Waals surface area contributed by atoms with Gasteiger partial charge in [0.25, 0.3) is 0 Å². The molecule has 1 heterocycles. The standard InChI is InChI=1S/C18H22O4S/c1-14-7-6-8-15(2)13-17(18(19)22-12-11-14)23(20,21)16-9-4-3-5-10-16/h3-5,8-11,17H,6-7,12-13H2,1-2H3/b14-11+,15-8+. The molecule has 0 aromatic heterocycles. The molecule has 0 saturated heterocycles. The first-order valence-corrected chi connectivity index (χ1v) is 9.22. The molecule has 0 spiro atoms. The van der Waals surface area contributed by atoms with Crippen LogP contribution in [-0.2, 0) is 19.4 Å². The summed E-state index contributed by atoms with van der Waals surface area (Å²) in [5.41, 5.74) is 2.02. The van der Waals surface area contributed by atoms with Crippen LogP contribution in [0.1, 0.15) is 33.1 Å². The van der Waals surface area contributed by atoms with Gasteiger partial charge >= 0.3 is 5.97 Å². The van der Waals surface area contributed by atoms with Gasteiger partial charge in [-0.1, -0.05) is 35.4 Å². The fourth-order valence-electron chi connectivity index (χ4n) is 2.48. The van der Waals surface area contributed by atoms with Crippen molar-refractivity contribution in [3.63, 3.8) is 0 Å². The molecule has 0 amide bonds. The zero-order valence-corrected chi connectivity index (χ0v) is 14.3. The van der Waals surface area contributed by atoms with Crippen LogP contribution in [0, 0.1) is 0 Å². The number of hydrogen-bond donors (Lipinski definition) is 0. The van der Waals surface area contributed by atoms with Crippen LogP contribution < -0.4 is 0 Å². The fraction of sp³-hybridized carbons (Fsp3) is 0.389. The number of carbonyl (C=O) groups is 1. The van der Waals surface area contributed by atoms with E-state index in [0.717, 1.165) is 24.0 Å². The Hall–Kier alpha value is -1.88. The van der Waals surface area contributed by atoms with Crippen molar-refractivity contribution in [1.82, 2.24) is 0 Å². The van der Waals surface area contributed by atoms with E-state index in [1.165, 1.54) is 12.1 Å². The lowest BCUT2D eigenvalue weighted by Crippen LogP contribution is -2.32. The smallest absolute Gasteiger partial charge is 0.325 e. The quantitative estimate of drug-likeness (QED) is 0.614.